The smallest absolute Gasteiger partial charge is 0.310 e. The zero-order valence-electron chi connectivity index (χ0n) is 8.61. The molecule has 2 N–H and O–H groups in total. The van der Waals surface area contributed by atoms with Gasteiger partial charge in [0.25, 0.3) is 0 Å². The molecule has 1 aliphatic carbocycles. The minimum atomic E-state index is -0.933. The van der Waals surface area contributed by atoms with Gasteiger partial charge < -0.3 is 10.2 Å². The van der Waals surface area contributed by atoms with Crippen LogP contribution in [-0.4, -0.2) is 22.2 Å². The summed E-state index contributed by atoms with van der Waals surface area (Å²) in [5.74, 6) is -2.43. The SMILES string of the molecule is O=C(O)CCC(C(=O)O)C1=CCCCC1. The Morgan fingerprint density at radius 3 is 2.53 bits per heavy atom. The maximum atomic E-state index is 11.0. The maximum absolute atomic E-state index is 11.0. The molecule has 0 heterocycles. The molecular formula is C11H16O4. The number of carbonyl (C=O) groups is 2. The normalized spacial score (nSPS) is 18.0. The molecule has 4 heteroatoms. The van der Waals surface area contributed by atoms with E-state index in [9.17, 15) is 9.59 Å². The molecule has 0 aromatic carbocycles. The van der Waals surface area contributed by atoms with Gasteiger partial charge in [0, 0.05) is 6.42 Å². The third-order valence-corrected chi connectivity index (χ3v) is 2.72. The minimum Gasteiger partial charge on any atom is -0.481 e. The Morgan fingerprint density at radius 1 is 1.33 bits per heavy atom. The van der Waals surface area contributed by atoms with E-state index in [4.69, 9.17) is 10.2 Å². The zero-order chi connectivity index (χ0) is 11.3. The van der Waals surface area contributed by atoms with E-state index in [0.29, 0.717) is 0 Å². The van der Waals surface area contributed by atoms with Crippen molar-refractivity contribution in [1.82, 2.24) is 0 Å². The lowest BCUT2D eigenvalue weighted by Crippen LogP contribution is -2.18. The van der Waals surface area contributed by atoms with Crippen molar-refractivity contribution in [3.8, 4) is 0 Å². The fourth-order valence-electron chi connectivity index (χ4n) is 1.91. The summed E-state index contributed by atoms with van der Waals surface area (Å²) in [4.78, 5) is 21.4. The molecule has 1 atom stereocenters. The van der Waals surface area contributed by atoms with Gasteiger partial charge >= 0.3 is 11.9 Å². The Morgan fingerprint density at radius 2 is 2.07 bits per heavy atom. The number of rotatable bonds is 5. The molecule has 0 bridgehead atoms. The molecule has 1 rings (SSSR count). The predicted octanol–water partition coefficient (Wildman–Crippen LogP) is 2.05. The first-order valence-electron chi connectivity index (χ1n) is 5.25. The number of hydrogen-bond acceptors (Lipinski definition) is 2. The van der Waals surface area contributed by atoms with Crippen molar-refractivity contribution >= 4 is 11.9 Å². The quantitative estimate of drug-likeness (QED) is 0.684. The third-order valence-electron chi connectivity index (χ3n) is 2.72. The highest BCUT2D eigenvalue weighted by Crippen LogP contribution is 2.27. The molecule has 1 aliphatic rings. The molecule has 0 radical (unpaired) electrons. The standard InChI is InChI=1S/C11H16O4/c12-10(13)7-6-9(11(14)15)8-4-2-1-3-5-8/h4,9H,1-3,5-7H2,(H,12,13)(H,14,15). The lowest BCUT2D eigenvalue weighted by atomic mass is 9.86. The van der Waals surface area contributed by atoms with Crippen molar-refractivity contribution in [1.29, 1.82) is 0 Å². The number of allylic oxidation sites excluding steroid dienone is 1. The van der Waals surface area contributed by atoms with Crippen molar-refractivity contribution < 1.29 is 19.8 Å². The molecule has 0 spiro atoms. The summed E-state index contributed by atoms with van der Waals surface area (Å²) in [5, 5.41) is 17.5. The van der Waals surface area contributed by atoms with Gasteiger partial charge in [0.05, 0.1) is 5.92 Å². The van der Waals surface area contributed by atoms with Crippen LogP contribution < -0.4 is 0 Å². The first-order chi connectivity index (χ1) is 7.11. The first kappa shape index (κ1) is 11.8. The van der Waals surface area contributed by atoms with Crippen LogP contribution in [0.25, 0.3) is 0 Å². The van der Waals surface area contributed by atoms with Gasteiger partial charge in [0.2, 0.25) is 0 Å². The summed E-state index contributed by atoms with van der Waals surface area (Å²) in [6.07, 6.45) is 5.94. The van der Waals surface area contributed by atoms with Crippen LogP contribution in [0.3, 0.4) is 0 Å². The van der Waals surface area contributed by atoms with Crippen LogP contribution in [0.1, 0.15) is 38.5 Å². The van der Waals surface area contributed by atoms with Crippen LogP contribution in [0.4, 0.5) is 0 Å². The summed E-state index contributed by atoms with van der Waals surface area (Å²) in [7, 11) is 0. The van der Waals surface area contributed by atoms with Gasteiger partial charge in [-0.1, -0.05) is 11.6 Å². The first-order valence-corrected chi connectivity index (χ1v) is 5.25. The second-order valence-corrected chi connectivity index (χ2v) is 3.85. The van der Waals surface area contributed by atoms with E-state index in [1.807, 2.05) is 6.08 Å². The van der Waals surface area contributed by atoms with E-state index < -0.39 is 17.9 Å². The van der Waals surface area contributed by atoms with E-state index in [1.54, 1.807) is 0 Å². The van der Waals surface area contributed by atoms with E-state index in [1.165, 1.54) is 0 Å². The van der Waals surface area contributed by atoms with E-state index in [-0.39, 0.29) is 12.8 Å². The molecule has 0 aromatic rings. The summed E-state index contributed by atoms with van der Waals surface area (Å²) in [6.45, 7) is 0. The Bertz CT molecular complexity index is 280. The second-order valence-electron chi connectivity index (χ2n) is 3.85. The Hall–Kier alpha value is -1.32. The summed E-state index contributed by atoms with van der Waals surface area (Å²) >= 11 is 0. The van der Waals surface area contributed by atoms with E-state index >= 15 is 0 Å². The monoisotopic (exact) mass is 212 g/mol. The molecule has 0 saturated carbocycles. The Balaban J connectivity index is 2.60. The molecule has 1 unspecified atom stereocenters. The minimum absolute atomic E-state index is 0.0751. The molecule has 15 heavy (non-hydrogen) atoms. The van der Waals surface area contributed by atoms with Crippen molar-refractivity contribution in [2.24, 2.45) is 5.92 Å². The van der Waals surface area contributed by atoms with Gasteiger partial charge in [0.1, 0.15) is 0 Å². The van der Waals surface area contributed by atoms with Crippen LogP contribution in [0.15, 0.2) is 11.6 Å². The van der Waals surface area contributed by atoms with Crippen LogP contribution in [0.5, 0.6) is 0 Å². The van der Waals surface area contributed by atoms with Crippen molar-refractivity contribution in [2.45, 2.75) is 38.5 Å². The largest absolute Gasteiger partial charge is 0.481 e. The lowest BCUT2D eigenvalue weighted by molar-refractivity contribution is -0.141. The van der Waals surface area contributed by atoms with Crippen molar-refractivity contribution in [2.75, 3.05) is 0 Å². The highest BCUT2D eigenvalue weighted by molar-refractivity contribution is 5.75. The lowest BCUT2D eigenvalue weighted by Gasteiger charge is -2.19. The number of hydrogen-bond donors (Lipinski definition) is 2. The van der Waals surface area contributed by atoms with Gasteiger partial charge in [-0.15, -0.1) is 0 Å². The molecule has 0 fully saturated rings. The van der Waals surface area contributed by atoms with Crippen LogP contribution in [0, 0.1) is 5.92 Å². The molecule has 0 saturated heterocycles. The molecule has 0 amide bonds. The topological polar surface area (TPSA) is 74.6 Å². The van der Waals surface area contributed by atoms with E-state index in [0.717, 1.165) is 31.3 Å². The van der Waals surface area contributed by atoms with Crippen LogP contribution >= 0.6 is 0 Å². The van der Waals surface area contributed by atoms with Gasteiger partial charge in [0.15, 0.2) is 0 Å². The molecule has 0 aromatic heterocycles. The van der Waals surface area contributed by atoms with Gasteiger partial charge in [-0.3, -0.25) is 9.59 Å². The molecule has 84 valence electrons. The molecule has 0 aliphatic heterocycles. The Kier molecular flexibility index (Phi) is 4.34. The van der Waals surface area contributed by atoms with Gasteiger partial charge in [-0.25, -0.2) is 0 Å². The second kappa shape index (κ2) is 5.53. The zero-order valence-corrected chi connectivity index (χ0v) is 8.61. The highest BCUT2D eigenvalue weighted by Gasteiger charge is 2.23. The average molecular weight is 212 g/mol. The summed E-state index contributed by atoms with van der Waals surface area (Å²) < 4.78 is 0. The number of aliphatic carboxylic acids is 2. The van der Waals surface area contributed by atoms with Gasteiger partial charge in [-0.05, 0) is 32.1 Å². The van der Waals surface area contributed by atoms with Crippen LogP contribution in [0.2, 0.25) is 0 Å². The predicted molar refractivity (Wildman–Crippen MR) is 54.5 cm³/mol. The van der Waals surface area contributed by atoms with Gasteiger partial charge in [-0.2, -0.15) is 0 Å². The molecule has 4 nitrogen and oxygen atoms in total. The maximum Gasteiger partial charge on any atom is 0.310 e. The number of carboxylic acids is 2. The molecular weight excluding hydrogens is 196 g/mol. The highest BCUT2D eigenvalue weighted by atomic mass is 16.4. The van der Waals surface area contributed by atoms with E-state index in [2.05, 4.69) is 0 Å². The average Bonchev–Trinajstić information content (AvgIpc) is 2.18. The van der Waals surface area contributed by atoms with Crippen LogP contribution in [-0.2, 0) is 9.59 Å². The summed E-state index contributed by atoms with van der Waals surface area (Å²) in [6, 6.07) is 0. The summed E-state index contributed by atoms with van der Waals surface area (Å²) in [5.41, 5.74) is 0.912. The number of carboxylic acid groups (broad SMARTS) is 2. The van der Waals surface area contributed by atoms with Crippen molar-refractivity contribution in [3.63, 3.8) is 0 Å². The third kappa shape index (κ3) is 3.73. The fourth-order valence-corrected chi connectivity index (χ4v) is 1.91. The van der Waals surface area contributed by atoms with Crippen molar-refractivity contribution in [3.05, 3.63) is 11.6 Å². The fraction of sp³-hybridized carbons (Fsp3) is 0.636. The Labute approximate surface area is 88.6 Å².